The molecule has 0 bridgehead atoms. The highest BCUT2D eigenvalue weighted by molar-refractivity contribution is 7.71. The van der Waals surface area contributed by atoms with E-state index in [0.29, 0.717) is 6.04 Å². The van der Waals surface area contributed by atoms with Crippen molar-refractivity contribution in [3.8, 4) is 0 Å². The summed E-state index contributed by atoms with van der Waals surface area (Å²) in [5.41, 5.74) is 2.29. The van der Waals surface area contributed by atoms with Gasteiger partial charge in [0, 0.05) is 6.61 Å². The zero-order chi connectivity index (χ0) is 11.0. The van der Waals surface area contributed by atoms with E-state index < -0.39 is 0 Å². The second kappa shape index (κ2) is 4.03. The van der Waals surface area contributed by atoms with Crippen LogP contribution in [-0.4, -0.2) is 22.8 Å². The molecule has 1 aromatic carbocycles. The molecule has 84 valence electrons. The standard InChI is InChI=1S/C12H14N2OS/c16-12-13-10-5-1-2-6-11(10)14(12)9-4-3-7-15-8-9/h1-2,5-6,9H,3-4,7-8H2,(H,13,16). The number of aromatic nitrogens is 2. The smallest absolute Gasteiger partial charge is 0.178 e. The number of H-pyrrole nitrogens is 1. The molecule has 0 amide bonds. The lowest BCUT2D eigenvalue weighted by Gasteiger charge is -2.23. The van der Waals surface area contributed by atoms with Crippen molar-refractivity contribution in [1.82, 2.24) is 9.55 Å². The molecule has 16 heavy (non-hydrogen) atoms. The number of nitrogens with one attached hydrogen (secondary N) is 1. The lowest BCUT2D eigenvalue weighted by molar-refractivity contribution is 0.0600. The molecule has 1 atom stereocenters. The van der Waals surface area contributed by atoms with Gasteiger partial charge in [-0.3, -0.25) is 0 Å². The summed E-state index contributed by atoms with van der Waals surface area (Å²) in [4.78, 5) is 3.25. The van der Waals surface area contributed by atoms with Crippen LogP contribution in [-0.2, 0) is 4.74 Å². The van der Waals surface area contributed by atoms with E-state index in [4.69, 9.17) is 17.0 Å². The summed E-state index contributed by atoms with van der Waals surface area (Å²) in [6.07, 6.45) is 2.27. The summed E-state index contributed by atoms with van der Waals surface area (Å²) in [6, 6.07) is 8.62. The Labute approximate surface area is 99.0 Å². The molecular formula is C12H14N2OS. The number of benzene rings is 1. The molecule has 3 rings (SSSR count). The normalized spacial score (nSPS) is 21.4. The highest BCUT2D eigenvalue weighted by atomic mass is 32.1. The quantitative estimate of drug-likeness (QED) is 0.769. The van der Waals surface area contributed by atoms with Gasteiger partial charge in [0.25, 0.3) is 0 Å². The Morgan fingerprint density at radius 3 is 3.06 bits per heavy atom. The third kappa shape index (κ3) is 1.58. The van der Waals surface area contributed by atoms with Crippen molar-refractivity contribution < 1.29 is 4.74 Å². The first-order valence-electron chi connectivity index (χ1n) is 5.63. The highest BCUT2D eigenvalue weighted by Gasteiger charge is 2.18. The van der Waals surface area contributed by atoms with Gasteiger partial charge in [-0.05, 0) is 37.2 Å². The molecule has 3 nitrogen and oxygen atoms in total. The molecule has 0 spiro atoms. The van der Waals surface area contributed by atoms with Crippen LogP contribution in [0.4, 0.5) is 0 Å². The molecule has 1 unspecified atom stereocenters. The van der Waals surface area contributed by atoms with E-state index in [-0.39, 0.29) is 0 Å². The van der Waals surface area contributed by atoms with Crippen molar-refractivity contribution in [1.29, 1.82) is 0 Å². The van der Waals surface area contributed by atoms with Crippen LogP contribution in [0.2, 0.25) is 0 Å². The summed E-state index contributed by atoms with van der Waals surface area (Å²) >= 11 is 5.39. The van der Waals surface area contributed by atoms with Crippen LogP contribution in [0.1, 0.15) is 18.9 Å². The van der Waals surface area contributed by atoms with E-state index in [1.165, 1.54) is 5.52 Å². The second-order valence-corrected chi connectivity index (χ2v) is 4.57. The first kappa shape index (κ1) is 10.1. The van der Waals surface area contributed by atoms with Crippen LogP contribution in [0.15, 0.2) is 24.3 Å². The molecule has 1 saturated heterocycles. The minimum atomic E-state index is 0.386. The Hall–Kier alpha value is -1.13. The number of imidazole rings is 1. The number of fused-ring (bicyclic) bond motifs is 1. The minimum absolute atomic E-state index is 0.386. The number of aromatic amines is 1. The van der Waals surface area contributed by atoms with Gasteiger partial charge < -0.3 is 14.3 Å². The maximum atomic E-state index is 5.53. The molecule has 0 radical (unpaired) electrons. The Bertz CT molecular complexity index is 551. The molecule has 1 fully saturated rings. The average Bonchev–Trinajstić information content (AvgIpc) is 2.66. The molecule has 0 saturated carbocycles. The molecule has 0 aliphatic carbocycles. The van der Waals surface area contributed by atoms with Crippen LogP contribution in [0.25, 0.3) is 11.0 Å². The molecule has 1 aromatic heterocycles. The minimum Gasteiger partial charge on any atom is -0.379 e. The number of para-hydroxylation sites is 2. The SMILES string of the molecule is S=c1[nH]c2ccccc2n1C1CCCOC1. The highest BCUT2D eigenvalue weighted by Crippen LogP contribution is 2.25. The summed E-state index contributed by atoms with van der Waals surface area (Å²) in [7, 11) is 0. The fourth-order valence-corrected chi connectivity index (χ4v) is 2.72. The van der Waals surface area contributed by atoms with Crippen molar-refractivity contribution in [2.75, 3.05) is 13.2 Å². The summed E-state index contributed by atoms with van der Waals surface area (Å²) < 4.78 is 8.53. The van der Waals surface area contributed by atoms with Gasteiger partial charge in [-0.15, -0.1) is 0 Å². The van der Waals surface area contributed by atoms with E-state index in [1.54, 1.807) is 0 Å². The van der Waals surface area contributed by atoms with E-state index in [1.807, 2.05) is 12.1 Å². The largest absolute Gasteiger partial charge is 0.379 e. The van der Waals surface area contributed by atoms with Gasteiger partial charge >= 0.3 is 0 Å². The van der Waals surface area contributed by atoms with Crippen LogP contribution in [0.5, 0.6) is 0 Å². The Morgan fingerprint density at radius 2 is 2.25 bits per heavy atom. The van der Waals surface area contributed by atoms with Gasteiger partial charge in [0.05, 0.1) is 23.7 Å². The molecule has 2 aromatic rings. The van der Waals surface area contributed by atoms with Crippen molar-refractivity contribution in [2.45, 2.75) is 18.9 Å². The molecule has 1 aliphatic rings. The zero-order valence-electron chi connectivity index (χ0n) is 8.98. The molecule has 1 N–H and O–H groups in total. The maximum absolute atomic E-state index is 5.53. The zero-order valence-corrected chi connectivity index (χ0v) is 9.80. The van der Waals surface area contributed by atoms with Crippen LogP contribution >= 0.6 is 12.2 Å². The second-order valence-electron chi connectivity index (χ2n) is 4.19. The molecular weight excluding hydrogens is 220 g/mol. The summed E-state index contributed by atoms with van der Waals surface area (Å²) in [5, 5.41) is 0. The Morgan fingerprint density at radius 1 is 1.38 bits per heavy atom. The third-order valence-corrected chi connectivity index (χ3v) is 3.42. The van der Waals surface area contributed by atoms with Crippen molar-refractivity contribution in [3.63, 3.8) is 0 Å². The van der Waals surface area contributed by atoms with E-state index in [0.717, 1.165) is 36.3 Å². The lowest BCUT2D eigenvalue weighted by Crippen LogP contribution is -2.21. The van der Waals surface area contributed by atoms with Gasteiger partial charge in [-0.1, -0.05) is 12.1 Å². The predicted octanol–water partition coefficient (Wildman–Crippen LogP) is 3.05. The van der Waals surface area contributed by atoms with Gasteiger partial charge in [0.1, 0.15) is 0 Å². The van der Waals surface area contributed by atoms with E-state index in [2.05, 4.69) is 21.7 Å². The Balaban J connectivity index is 2.14. The lowest BCUT2D eigenvalue weighted by atomic mass is 10.1. The summed E-state index contributed by atoms with van der Waals surface area (Å²) in [6.45, 7) is 1.66. The predicted molar refractivity (Wildman–Crippen MR) is 66.2 cm³/mol. The third-order valence-electron chi connectivity index (χ3n) is 3.13. The van der Waals surface area contributed by atoms with Crippen LogP contribution in [0, 0.1) is 4.77 Å². The van der Waals surface area contributed by atoms with Gasteiger partial charge in [0.2, 0.25) is 0 Å². The van der Waals surface area contributed by atoms with Gasteiger partial charge in [-0.2, -0.15) is 0 Å². The molecule has 4 heteroatoms. The van der Waals surface area contributed by atoms with Crippen molar-refractivity contribution in [3.05, 3.63) is 29.0 Å². The average molecular weight is 234 g/mol. The number of hydrogen-bond acceptors (Lipinski definition) is 2. The topological polar surface area (TPSA) is 29.9 Å². The van der Waals surface area contributed by atoms with E-state index >= 15 is 0 Å². The number of ether oxygens (including phenoxy) is 1. The van der Waals surface area contributed by atoms with E-state index in [9.17, 15) is 0 Å². The van der Waals surface area contributed by atoms with Crippen molar-refractivity contribution >= 4 is 23.3 Å². The number of nitrogens with zero attached hydrogens (tertiary/aromatic N) is 1. The molecule has 2 heterocycles. The number of rotatable bonds is 1. The molecule has 1 aliphatic heterocycles. The maximum Gasteiger partial charge on any atom is 0.178 e. The first-order chi connectivity index (χ1) is 7.86. The fraction of sp³-hybridized carbons (Fsp3) is 0.417. The monoisotopic (exact) mass is 234 g/mol. The van der Waals surface area contributed by atoms with Gasteiger partial charge in [0.15, 0.2) is 4.77 Å². The fourth-order valence-electron chi connectivity index (χ4n) is 2.36. The van der Waals surface area contributed by atoms with Crippen LogP contribution < -0.4 is 0 Å². The number of hydrogen-bond donors (Lipinski definition) is 1. The van der Waals surface area contributed by atoms with Crippen LogP contribution in [0.3, 0.4) is 0 Å². The summed E-state index contributed by atoms with van der Waals surface area (Å²) in [5.74, 6) is 0. The van der Waals surface area contributed by atoms with Crippen molar-refractivity contribution in [2.24, 2.45) is 0 Å². The first-order valence-corrected chi connectivity index (χ1v) is 6.04. The van der Waals surface area contributed by atoms with Gasteiger partial charge in [-0.25, -0.2) is 0 Å². The Kier molecular flexibility index (Phi) is 2.53.